The van der Waals surface area contributed by atoms with Gasteiger partial charge in [0.15, 0.2) is 0 Å². The first-order valence-electron chi connectivity index (χ1n) is 7.13. The number of rotatable bonds is 5. The van der Waals surface area contributed by atoms with E-state index in [2.05, 4.69) is 5.10 Å². The smallest absolute Gasteiger partial charge is 0.334 e. The number of nitrogens with zero attached hydrogens (tertiary/aromatic N) is 4. The quantitative estimate of drug-likeness (QED) is 0.654. The van der Waals surface area contributed by atoms with Crippen molar-refractivity contribution in [3.8, 4) is 0 Å². The Balaban J connectivity index is 2.38. The fraction of sp³-hybridized carbons (Fsp3) is 0.692. The third-order valence-electron chi connectivity index (χ3n) is 3.80. The molecule has 0 bridgehead atoms. The Morgan fingerprint density at radius 3 is 2.86 bits per heavy atom. The normalized spacial score (nSPS) is 18.8. The van der Waals surface area contributed by atoms with Crippen molar-refractivity contribution in [3.05, 3.63) is 15.8 Å². The van der Waals surface area contributed by atoms with Gasteiger partial charge in [-0.15, -0.1) is 0 Å². The highest BCUT2D eigenvalue weighted by atomic mass is 16.6. The highest BCUT2D eigenvalue weighted by molar-refractivity contribution is 5.72. The van der Waals surface area contributed by atoms with Crippen molar-refractivity contribution in [1.82, 2.24) is 9.78 Å². The fourth-order valence-electron chi connectivity index (χ4n) is 2.88. The van der Waals surface area contributed by atoms with Gasteiger partial charge in [0.1, 0.15) is 5.69 Å². The van der Waals surface area contributed by atoms with Crippen LogP contribution >= 0.6 is 0 Å². The summed E-state index contributed by atoms with van der Waals surface area (Å²) >= 11 is 0. The summed E-state index contributed by atoms with van der Waals surface area (Å²) in [6.45, 7) is 2.86. The zero-order valence-electron chi connectivity index (χ0n) is 12.3. The van der Waals surface area contributed by atoms with E-state index < -0.39 is 16.8 Å². The number of carboxylic acid groups (broad SMARTS) is 1. The second-order valence-corrected chi connectivity index (χ2v) is 5.37. The number of hydrogen-bond donors (Lipinski definition) is 1. The minimum absolute atomic E-state index is 0.0189. The van der Waals surface area contributed by atoms with Gasteiger partial charge in [0, 0.05) is 20.1 Å². The number of aryl methyl sites for hydroxylation is 2. The lowest BCUT2D eigenvalue weighted by Gasteiger charge is -2.31. The van der Waals surface area contributed by atoms with Crippen molar-refractivity contribution in [2.45, 2.75) is 32.6 Å². The van der Waals surface area contributed by atoms with Gasteiger partial charge in [-0.05, 0) is 19.3 Å². The summed E-state index contributed by atoms with van der Waals surface area (Å²) in [6, 6.07) is 0. The number of aromatic nitrogens is 2. The Kier molecular flexibility index (Phi) is 4.44. The molecule has 21 heavy (non-hydrogen) atoms. The van der Waals surface area contributed by atoms with E-state index in [-0.39, 0.29) is 5.69 Å². The van der Waals surface area contributed by atoms with Crippen molar-refractivity contribution >= 4 is 17.5 Å². The van der Waals surface area contributed by atoms with E-state index >= 15 is 0 Å². The van der Waals surface area contributed by atoms with Crippen molar-refractivity contribution in [2.24, 2.45) is 13.0 Å². The van der Waals surface area contributed by atoms with Crippen molar-refractivity contribution in [1.29, 1.82) is 0 Å². The minimum Gasteiger partial charge on any atom is -0.481 e. The summed E-state index contributed by atoms with van der Waals surface area (Å²) in [4.78, 5) is 23.9. The number of nitro groups is 1. The minimum atomic E-state index is -0.849. The van der Waals surface area contributed by atoms with E-state index in [1.807, 2.05) is 6.92 Å². The second kappa shape index (κ2) is 6.11. The first kappa shape index (κ1) is 15.3. The average Bonchev–Trinajstić information content (AvgIpc) is 2.76. The third kappa shape index (κ3) is 2.98. The van der Waals surface area contributed by atoms with Gasteiger partial charge in [-0.3, -0.25) is 14.9 Å². The van der Waals surface area contributed by atoms with Gasteiger partial charge < -0.3 is 10.0 Å². The molecule has 2 heterocycles. The molecule has 1 N–H and O–H groups in total. The molecule has 1 saturated heterocycles. The molecule has 0 saturated carbocycles. The van der Waals surface area contributed by atoms with Crippen LogP contribution in [0.2, 0.25) is 0 Å². The van der Waals surface area contributed by atoms with Crippen LogP contribution in [0.4, 0.5) is 11.5 Å². The van der Waals surface area contributed by atoms with Gasteiger partial charge in [-0.2, -0.15) is 5.10 Å². The largest absolute Gasteiger partial charge is 0.481 e. The van der Waals surface area contributed by atoms with Gasteiger partial charge >= 0.3 is 11.7 Å². The summed E-state index contributed by atoms with van der Waals surface area (Å²) in [7, 11) is 1.67. The topological polar surface area (TPSA) is 102 Å². The molecule has 116 valence electrons. The second-order valence-electron chi connectivity index (χ2n) is 5.37. The van der Waals surface area contributed by atoms with E-state index in [0.29, 0.717) is 43.9 Å². The lowest BCUT2D eigenvalue weighted by molar-refractivity contribution is -0.384. The Labute approximate surface area is 122 Å². The van der Waals surface area contributed by atoms with Crippen LogP contribution in [0.3, 0.4) is 0 Å². The SMILES string of the molecule is CCCc1nn(C)c(N2CCCC(C(=O)O)C2)c1[N+](=O)[O-]. The molecule has 8 nitrogen and oxygen atoms in total. The molecule has 1 aliphatic rings. The molecule has 1 aromatic rings. The lowest BCUT2D eigenvalue weighted by Crippen LogP contribution is -2.39. The third-order valence-corrected chi connectivity index (χ3v) is 3.80. The van der Waals surface area contributed by atoms with Crippen molar-refractivity contribution in [3.63, 3.8) is 0 Å². The van der Waals surface area contributed by atoms with Crippen LogP contribution in [-0.2, 0) is 18.3 Å². The predicted molar refractivity (Wildman–Crippen MR) is 76.4 cm³/mol. The van der Waals surface area contributed by atoms with Crippen LogP contribution in [0, 0.1) is 16.0 Å². The highest BCUT2D eigenvalue weighted by Crippen LogP contribution is 2.34. The van der Waals surface area contributed by atoms with Crippen LogP contribution in [0.15, 0.2) is 0 Å². The van der Waals surface area contributed by atoms with E-state index in [9.17, 15) is 14.9 Å². The molecule has 1 fully saturated rings. The van der Waals surface area contributed by atoms with Crippen LogP contribution in [0.1, 0.15) is 31.9 Å². The van der Waals surface area contributed by atoms with Crippen molar-refractivity contribution < 1.29 is 14.8 Å². The molecule has 0 spiro atoms. The predicted octanol–water partition coefficient (Wildman–Crippen LogP) is 1.58. The van der Waals surface area contributed by atoms with Crippen molar-refractivity contribution in [2.75, 3.05) is 18.0 Å². The summed E-state index contributed by atoms with van der Waals surface area (Å²) in [6.07, 6.45) is 2.64. The Bertz CT molecular complexity index is 555. The molecule has 1 atom stereocenters. The molecular formula is C13H20N4O4. The van der Waals surface area contributed by atoms with E-state index in [1.165, 1.54) is 4.68 Å². The van der Waals surface area contributed by atoms with E-state index in [4.69, 9.17) is 5.11 Å². The molecule has 1 unspecified atom stereocenters. The van der Waals surface area contributed by atoms with E-state index in [1.54, 1.807) is 11.9 Å². The van der Waals surface area contributed by atoms with Crippen LogP contribution in [-0.4, -0.2) is 38.9 Å². The van der Waals surface area contributed by atoms with Crippen LogP contribution in [0.25, 0.3) is 0 Å². The van der Waals surface area contributed by atoms with Gasteiger partial charge in [-0.1, -0.05) is 13.3 Å². The fourth-order valence-corrected chi connectivity index (χ4v) is 2.88. The number of hydrogen-bond acceptors (Lipinski definition) is 5. The molecule has 1 aromatic heterocycles. The maximum Gasteiger partial charge on any atom is 0.334 e. The molecule has 0 aromatic carbocycles. The Hall–Kier alpha value is -2.12. The van der Waals surface area contributed by atoms with Gasteiger partial charge in [0.2, 0.25) is 5.82 Å². The Morgan fingerprint density at radius 1 is 1.57 bits per heavy atom. The first-order chi connectivity index (χ1) is 9.95. The Morgan fingerprint density at radius 2 is 2.29 bits per heavy atom. The molecule has 0 amide bonds. The standard InChI is InChI=1S/C13H20N4O4/c1-3-5-10-11(17(20)21)12(15(2)14-10)16-7-4-6-9(8-16)13(18)19/h9H,3-8H2,1-2H3,(H,18,19). The summed E-state index contributed by atoms with van der Waals surface area (Å²) in [5.74, 6) is -0.907. The number of carbonyl (C=O) groups is 1. The highest BCUT2D eigenvalue weighted by Gasteiger charge is 2.34. The number of carboxylic acids is 1. The lowest BCUT2D eigenvalue weighted by atomic mass is 9.98. The number of anilines is 1. The first-order valence-corrected chi connectivity index (χ1v) is 7.13. The van der Waals surface area contributed by atoms with Gasteiger partial charge in [0.05, 0.1) is 10.8 Å². The molecule has 1 aliphatic heterocycles. The molecule has 8 heteroatoms. The zero-order chi connectivity index (χ0) is 15.6. The number of aliphatic carboxylic acids is 1. The van der Waals surface area contributed by atoms with Gasteiger partial charge in [-0.25, -0.2) is 4.68 Å². The molecular weight excluding hydrogens is 276 g/mol. The zero-order valence-corrected chi connectivity index (χ0v) is 12.3. The number of piperidine rings is 1. The van der Waals surface area contributed by atoms with Gasteiger partial charge in [0.25, 0.3) is 0 Å². The summed E-state index contributed by atoms with van der Waals surface area (Å²) in [5, 5.41) is 24.8. The molecule has 0 radical (unpaired) electrons. The monoisotopic (exact) mass is 296 g/mol. The van der Waals surface area contributed by atoms with Crippen LogP contribution < -0.4 is 4.90 Å². The van der Waals surface area contributed by atoms with E-state index in [0.717, 1.165) is 6.42 Å². The maximum atomic E-state index is 11.4. The molecule has 2 rings (SSSR count). The summed E-state index contributed by atoms with van der Waals surface area (Å²) in [5.41, 5.74) is 0.489. The maximum absolute atomic E-state index is 11.4. The average molecular weight is 296 g/mol. The molecule has 0 aliphatic carbocycles. The summed E-state index contributed by atoms with van der Waals surface area (Å²) < 4.78 is 1.51. The van der Waals surface area contributed by atoms with Crippen LogP contribution in [0.5, 0.6) is 0 Å².